The van der Waals surface area contributed by atoms with E-state index in [-0.39, 0.29) is 0 Å². The number of hydrogen-bond donors (Lipinski definition) is 0. The van der Waals surface area contributed by atoms with Crippen molar-refractivity contribution in [1.82, 2.24) is 0 Å². The zero-order chi connectivity index (χ0) is 13.5. The summed E-state index contributed by atoms with van der Waals surface area (Å²) in [5.41, 5.74) is 1.23. The standard InChI is InChI=1S/C15H14Br2OS/c16-11-12-6-7-15(14(17)10-12)18-8-9-19-13-4-2-1-3-5-13/h1-7,10H,8-9,11H2. The molecule has 0 radical (unpaired) electrons. The molecule has 0 N–H and O–H groups in total. The SMILES string of the molecule is BrCc1ccc(OCCSc2ccccc2)c(Br)c1. The first-order valence-electron chi connectivity index (χ1n) is 5.94. The molecule has 2 aromatic rings. The van der Waals surface area contributed by atoms with Gasteiger partial charge >= 0.3 is 0 Å². The molecule has 2 aromatic carbocycles. The number of benzene rings is 2. The van der Waals surface area contributed by atoms with Crippen LogP contribution < -0.4 is 4.74 Å². The van der Waals surface area contributed by atoms with Crippen LogP contribution in [0.3, 0.4) is 0 Å². The van der Waals surface area contributed by atoms with Crippen LogP contribution in [-0.4, -0.2) is 12.4 Å². The largest absolute Gasteiger partial charge is 0.492 e. The van der Waals surface area contributed by atoms with Gasteiger partial charge in [-0.3, -0.25) is 0 Å². The minimum Gasteiger partial charge on any atom is -0.492 e. The highest BCUT2D eigenvalue weighted by atomic mass is 79.9. The van der Waals surface area contributed by atoms with Crippen LogP contribution in [0.15, 0.2) is 57.9 Å². The van der Waals surface area contributed by atoms with E-state index in [0.717, 1.165) is 21.3 Å². The molecule has 0 heterocycles. The quantitative estimate of drug-likeness (QED) is 0.358. The van der Waals surface area contributed by atoms with Crippen LogP contribution in [0.1, 0.15) is 5.56 Å². The van der Waals surface area contributed by atoms with Crippen LogP contribution in [0.4, 0.5) is 0 Å². The second-order valence-corrected chi connectivity index (χ2v) is 6.49. The van der Waals surface area contributed by atoms with Gasteiger partial charge in [0.2, 0.25) is 0 Å². The van der Waals surface area contributed by atoms with Gasteiger partial charge in [-0.15, -0.1) is 11.8 Å². The van der Waals surface area contributed by atoms with Crippen LogP contribution in [0.25, 0.3) is 0 Å². The van der Waals surface area contributed by atoms with Gasteiger partial charge in [0.15, 0.2) is 0 Å². The van der Waals surface area contributed by atoms with Gasteiger partial charge in [0.1, 0.15) is 5.75 Å². The highest BCUT2D eigenvalue weighted by Crippen LogP contribution is 2.27. The number of ether oxygens (including phenoxy) is 1. The normalized spacial score (nSPS) is 10.4. The van der Waals surface area contributed by atoms with Crippen molar-refractivity contribution in [2.24, 2.45) is 0 Å². The van der Waals surface area contributed by atoms with E-state index in [1.165, 1.54) is 10.5 Å². The maximum Gasteiger partial charge on any atom is 0.133 e. The third-order valence-electron chi connectivity index (χ3n) is 2.50. The van der Waals surface area contributed by atoms with Crippen molar-refractivity contribution in [2.75, 3.05) is 12.4 Å². The second-order valence-electron chi connectivity index (χ2n) is 3.91. The van der Waals surface area contributed by atoms with Gasteiger partial charge in [-0.25, -0.2) is 0 Å². The third kappa shape index (κ3) is 4.86. The van der Waals surface area contributed by atoms with E-state index in [2.05, 4.69) is 68.3 Å². The summed E-state index contributed by atoms with van der Waals surface area (Å²) >= 11 is 8.78. The van der Waals surface area contributed by atoms with Crippen molar-refractivity contribution in [1.29, 1.82) is 0 Å². The minimum absolute atomic E-state index is 0.700. The summed E-state index contributed by atoms with van der Waals surface area (Å²) in [7, 11) is 0. The van der Waals surface area contributed by atoms with Crippen molar-refractivity contribution in [3.05, 3.63) is 58.6 Å². The van der Waals surface area contributed by atoms with Gasteiger partial charge < -0.3 is 4.74 Å². The molecule has 0 aromatic heterocycles. The third-order valence-corrected chi connectivity index (χ3v) is 4.75. The molecule has 0 aliphatic rings. The van der Waals surface area contributed by atoms with Crippen LogP contribution in [0, 0.1) is 0 Å². The van der Waals surface area contributed by atoms with E-state index >= 15 is 0 Å². The zero-order valence-electron chi connectivity index (χ0n) is 10.3. The van der Waals surface area contributed by atoms with Crippen molar-refractivity contribution in [3.63, 3.8) is 0 Å². The second kappa shape index (κ2) is 7.98. The summed E-state index contributed by atoms with van der Waals surface area (Å²) in [4.78, 5) is 1.28. The smallest absolute Gasteiger partial charge is 0.133 e. The Hall–Kier alpha value is -0.450. The Morgan fingerprint density at radius 2 is 1.84 bits per heavy atom. The maximum absolute atomic E-state index is 5.77. The Balaban J connectivity index is 1.80. The molecule has 0 saturated heterocycles. The lowest BCUT2D eigenvalue weighted by Gasteiger charge is -2.09. The van der Waals surface area contributed by atoms with E-state index in [1.807, 2.05) is 12.1 Å². The van der Waals surface area contributed by atoms with Crippen LogP contribution in [0.2, 0.25) is 0 Å². The predicted molar refractivity (Wildman–Crippen MR) is 89.4 cm³/mol. The molecule has 0 amide bonds. The average Bonchev–Trinajstić information content (AvgIpc) is 2.46. The summed E-state index contributed by atoms with van der Waals surface area (Å²) in [5.74, 6) is 1.84. The maximum atomic E-state index is 5.77. The number of alkyl halides is 1. The highest BCUT2D eigenvalue weighted by Gasteiger charge is 2.02. The van der Waals surface area contributed by atoms with Gasteiger partial charge in [-0.1, -0.05) is 40.2 Å². The Kier molecular flexibility index (Phi) is 6.28. The Morgan fingerprint density at radius 1 is 1.05 bits per heavy atom. The monoisotopic (exact) mass is 400 g/mol. The molecule has 100 valence electrons. The van der Waals surface area contributed by atoms with Crippen molar-refractivity contribution in [2.45, 2.75) is 10.2 Å². The molecule has 2 rings (SSSR count). The first-order chi connectivity index (χ1) is 9.29. The first-order valence-corrected chi connectivity index (χ1v) is 8.84. The van der Waals surface area contributed by atoms with Crippen molar-refractivity contribution >= 4 is 43.6 Å². The summed E-state index contributed by atoms with van der Waals surface area (Å²) in [5, 5.41) is 0.857. The molecule has 0 saturated carbocycles. The van der Waals surface area contributed by atoms with E-state index in [9.17, 15) is 0 Å². The topological polar surface area (TPSA) is 9.23 Å². The molecular formula is C15H14Br2OS. The van der Waals surface area contributed by atoms with Gasteiger partial charge in [0, 0.05) is 16.0 Å². The lowest BCUT2D eigenvalue weighted by Crippen LogP contribution is -2.00. The van der Waals surface area contributed by atoms with Gasteiger partial charge in [-0.05, 0) is 45.8 Å². The Morgan fingerprint density at radius 3 is 2.53 bits per heavy atom. The van der Waals surface area contributed by atoms with Crippen molar-refractivity contribution in [3.8, 4) is 5.75 Å². The molecule has 19 heavy (non-hydrogen) atoms. The van der Waals surface area contributed by atoms with Gasteiger partial charge in [-0.2, -0.15) is 0 Å². The molecule has 0 unspecified atom stereocenters. The molecule has 1 nitrogen and oxygen atoms in total. The van der Waals surface area contributed by atoms with Gasteiger partial charge in [0.25, 0.3) is 0 Å². The fraction of sp³-hybridized carbons (Fsp3) is 0.200. The minimum atomic E-state index is 0.700. The molecule has 0 bridgehead atoms. The first kappa shape index (κ1) is 14.9. The summed E-state index contributed by atoms with van der Waals surface area (Å²) in [6.45, 7) is 0.700. The van der Waals surface area contributed by atoms with E-state index in [1.54, 1.807) is 11.8 Å². The summed E-state index contributed by atoms with van der Waals surface area (Å²) < 4.78 is 6.78. The molecule has 0 spiro atoms. The lowest BCUT2D eigenvalue weighted by atomic mass is 10.2. The summed E-state index contributed by atoms with van der Waals surface area (Å²) in [6, 6.07) is 16.5. The van der Waals surface area contributed by atoms with E-state index < -0.39 is 0 Å². The molecule has 0 atom stereocenters. The van der Waals surface area contributed by atoms with E-state index in [4.69, 9.17) is 4.74 Å². The predicted octanol–water partition coefficient (Wildman–Crippen LogP) is 5.52. The van der Waals surface area contributed by atoms with Gasteiger partial charge in [0.05, 0.1) is 11.1 Å². The molecule has 0 aliphatic heterocycles. The number of halogens is 2. The molecule has 0 fully saturated rings. The van der Waals surface area contributed by atoms with Crippen molar-refractivity contribution < 1.29 is 4.74 Å². The van der Waals surface area contributed by atoms with Crippen LogP contribution >= 0.6 is 43.6 Å². The lowest BCUT2D eigenvalue weighted by molar-refractivity contribution is 0.341. The van der Waals surface area contributed by atoms with E-state index in [0.29, 0.717) is 6.61 Å². The number of hydrogen-bond acceptors (Lipinski definition) is 2. The number of rotatable bonds is 6. The molecule has 0 aliphatic carbocycles. The Bertz CT molecular complexity index is 517. The molecule has 4 heteroatoms. The Labute approximate surface area is 135 Å². The van der Waals surface area contributed by atoms with Crippen LogP contribution in [-0.2, 0) is 5.33 Å². The summed E-state index contributed by atoms with van der Waals surface area (Å²) in [6.07, 6.45) is 0. The highest BCUT2D eigenvalue weighted by molar-refractivity contribution is 9.10. The zero-order valence-corrected chi connectivity index (χ0v) is 14.3. The molecular weight excluding hydrogens is 388 g/mol. The fourth-order valence-electron chi connectivity index (χ4n) is 1.57. The fourth-order valence-corrected chi connectivity index (χ4v) is 3.21. The number of thioether (sulfide) groups is 1. The average molecular weight is 402 g/mol. The van der Waals surface area contributed by atoms with Crippen LogP contribution in [0.5, 0.6) is 5.75 Å².